The van der Waals surface area contributed by atoms with E-state index in [2.05, 4.69) is 25.1 Å². The molecule has 1 aromatic carbocycles. The standard InChI is InChI=1S/C15H23NO/c1-2-3-6-9-15(12-16)10-11-17-14-8-5-4-7-13(14)15/h4-5,7-8H,2-3,6,9-12,16H2,1H3. The van der Waals surface area contributed by atoms with E-state index in [-0.39, 0.29) is 5.41 Å². The van der Waals surface area contributed by atoms with Crippen LogP contribution >= 0.6 is 0 Å². The van der Waals surface area contributed by atoms with Crippen molar-refractivity contribution in [1.82, 2.24) is 0 Å². The van der Waals surface area contributed by atoms with Gasteiger partial charge in [-0.2, -0.15) is 0 Å². The Balaban J connectivity index is 2.22. The summed E-state index contributed by atoms with van der Waals surface area (Å²) in [5, 5.41) is 0. The molecule has 2 nitrogen and oxygen atoms in total. The highest BCUT2D eigenvalue weighted by Crippen LogP contribution is 2.41. The van der Waals surface area contributed by atoms with Crippen LogP contribution in [0.1, 0.15) is 44.6 Å². The van der Waals surface area contributed by atoms with Crippen LogP contribution in [0.4, 0.5) is 0 Å². The van der Waals surface area contributed by atoms with Gasteiger partial charge in [0.05, 0.1) is 6.61 Å². The molecule has 1 heterocycles. The molecule has 1 unspecified atom stereocenters. The Hall–Kier alpha value is -1.02. The van der Waals surface area contributed by atoms with Gasteiger partial charge in [0, 0.05) is 17.5 Å². The second-order valence-corrected chi connectivity index (χ2v) is 5.04. The fourth-order valence-electron chi connectivity index (χ4n) is 2.81. The van der Waals surface area contributed by atoms with Crippen LogP contribution in [-0.4, -0.2) is 13.2 Å². The lowest BCUT2D eigenvalue weighted by Crippen LogP contribution is -2.39. The molecule has 1 aliphatic rings. The predicted octanol–water partition coefficient (Wildman–Crippen LogP) is 3.25. The number of hydrogen-bond donors (Lipinski definition) is 1. The molecule has 1 aliphatic heterocycles. The van der Waals surface area contributed by atoms with E-state index in [9.17, 15) is 0 Å². The van der Waals surface area contributed by atoms with E-state index >= 15 is 0 Å². The first kappa shape index (κ1) is 12.4. The van der Waals surface area contributed by atoms with Crippen LogP contribution in [-0.2, 0) is 5.41 Å². The van der Waals surface area contributed by atoms with Crippen LogP contribution in [0.2, 0.25) is 0 Å². The summed E-state index contributed by atoms with van der Waals surface area (Å²) in [6.07, 6.45) is 6.08. The van der Waals surface area contributed by atoms with Crippen LogP contribution in [0.3, 0.4) is 0 Å². The maximum Gasteiger partial charge on any atom is 0.123 e. The first-order valence-electron chi connectivity index (χ1n) is 6.75. The molecule has 0 radical (unpaired) electrons. The monoisotopic (exact) mass is 233 g/mol. The minimum absolute atomic E-state index is 0.157. The van der Waals surface area contributed by atoms with Gasteiger partial charge >= 0.3 is 0 Å². The Morgan fingerprint density at radius 3 is 2.88 bits per heavy atom. The summed E-state index contributed by atoms with van der Waals surface area (Å²) in [5.74, 6) is 1.04. The van der Waals surface area contributed by atoms with Gasteiger partial charge in [0.1, 0.15) is 5.75 Å². The highest BCUT2D eigenvalue weighted by Gasteiger charge is 2.35. The van der Waals surface area contributed by atoms with Crippen LogP contribution in [0.15, 0.2) is 24.3 Å². The molecule has 0 saturated carbocycles. The van der Waals surface area contributed by atoms with Crippen molar-refractivity contribution in [2.45, 2.75) is 44.4 Å². The Kier molecular flexibility index (Phi) is 4.06. The molecule has 94 valence electrons. The molecule has 1 atom stereocenters. The second kappa shape index (κ2) is 5.54. The molecule has 0 fully saturated rings. The molecule has 2 rings (SSSR count). The van der Waals surface area contributed by atoms with Gasteiger partial charge in [0.2, 0.25) is 0 Å². The average Bonchev–Trinajstić information content (AvgIpc) is 2.39. The van der Waals surface area contributed by atoms with Gasteiger partial charge in [-0.1, -0.05) is 44.4 Å². The van der Waals surface area contributed by atoms with Crippen molar-refractivity contribution < 1.29 is 4.74 Å². The zero-order valence-corrected chi connectivity index (χ0v) is 10.7. The van der Waals surface area contributed by atoms with E-state index in [4.69, 9.17) is 10.5 Å². The molecule has 0 saturated heterocycles. The molecular weight excluding hydrogens is 210 g/mol. The van der Waals surface area contributed by atoms with Crippen molar-refractivity contribution >= 4 is 0 Å². The predicted molar refractivity (Wildman–Crippen MR) is 71.4 cm³/mol. The first-order valence-corrected chi connectivity index (χ1v) is 6.75. The van der Waals surface area contributed by atoms with Crippen molar-refractivity contribution in [1.29, 1.82) is 0 Å². The minimum Gasteiger partial charge on any atom is -0.493 e. The van der Waals surface area contributed by atoms with Gasteiger partial charge in [-0.05, 0) is 18.9 Å². The number of benzene rings is 1. The summed E-state index contributed by atoms with van der Waals surface area (Å²) in [6.45, 7) is 3.78. The van der Waals surface area contributed by atoms with Crippen LogP contribution in [0, 0.1) is 0 Å². The molecule has 0 aromatic heterocycles. The molecule has 0 aliphatic carbocycles. The van der Waals surface area contributed by atoms with E-state index in [0.717, 1.165) is 25.3 Å². The number of hydrogen-bond acceptors (Lipinski definition) is 2. The lowest BCUT2D eigenvalue weighted by atomic mass is 9.72. The van der Waals surface area contributed by atoms with Gasteiger partial charge in [-0.15, -0.1) is 0 Å². The van der Waals surface area contributed by atoms with Gasteiger partial charge in [-0.3, -0.25) is 0 Å². The van der Waals surface area contributed by atoms with Gasteiger partial charge < -0.3 is 10.5 Å². The van der Waals surface area contributed by atoms with E-state index in [0.29, 0.717) is 0 Å². The Morgan fingerprint density at radius 2 is 2.12 bits per heavy atom. The average molecular weight is 233 g/mol. The minimum atomic E-state index is 0.157. The fourth-order valence-corrected chi connectivity index (χ4v) is 2.81. The molecule has 0 spiro atoms. The Bertz CT molecular complexity index is 364. The highest BCUT2D eigenvalue weighted by molar-refractivity contribution is 5.41. The molecular formula is C15H23NO. The number of para-hydroxylation sites is 1. The van der Waals surface area contributed by atoms with Crippen molar-refractivity contribution in [3.8, 4) is 5.75 Å². The van der Waals surface area contributed by atoms with Crippen LogP contribution in [0.25, 0.3) is 0 Å². The number of nitrogens with two attached hydrogens (primary N) is 1. The van der Waals surface area contributed by atoms with E-state index in [1.165, 1.54) is 31.2 Å². The normalized spacial score (nSPS) is 22.9. The number of unbranched alkanes of at least 4 members (excludes halogenated alkanes) is 2. The lowest BCUT2D eigenvalue weighted by molar-refractivity contribution is 0.205. The van der Waals surface area contributed by atoms with Gasteiger partial charge in [0.15, 0.2) is 0 Å². The lowest BCUT2D eigenvalue weighted by Gasteiger charge is -2.38. The smallest absolute Gasteiger partial charge is 0.123 e. The van der Waals surface area contributed by atoms with E-state index in [1.54, 1.807) is 0 Å². The number of rotatable bonds is 5. The van der Waals surface area contributed by atoms with E-state index in [1.807, 2.05) is 6.07 Å². The van der Waals surface area contributed by atoms with Crippen molar-refractivity contribution in [3.63, 3.8) is 0 Å². The summed E-state index contributed by atoms with van der Waals surface area (Å²) in [7, 11) is 0. The third-order valence-corrected chi connectivity index (χ3v) is 3.95. The molecule has 17 heavy (non-hydrogen) atoms. The van der Waals surface area contributed by atoms with Crippen LogP contribution < -0.4 is 10.5 Å². The largest absolute Gasteiger partial charge is 0.493 e. The Labute approximate surface area is 104 Å². The van der Waals surface area contributed by atoms with Crippen molar-refractivity contribution in [3.05, 3.63) is 29.8 Å². The highest BCUT2D eigenvalue weighted by atomic mass is 16.5. The summed E-state index contributed by atoms with van der Waals surface area (Å²) in [6, 6.07) is 8.39. The zero-order valence-electron chi connectivity index (χ0n) is 10.7. The molecule has 2 N–H and O–H groups in total. The molecule has 1 aromatic rings. The quantitative estimate of drug-likeness (QED) is 0.792. The molecule has 0 bridgehead atoms. The summed E-state index contributed by atoms with van der Waals surface area (Å²) >= 11 is 0. The van der Waals surface area contributed by atoms with Crippen molar-refractivity contribution in [2.75, 3.05) is 13.2 Å². The van der Waals surface area contributed by atoms with E-state index < -0.39 is 0 Å². The second-order valence-electron chi connectivity index (χ2n) is 5.04. The maximum absolute atomic E-state index is 6.08. The summed E-state index contributed by atoms with van der Waals surface area (Å²) in [4.78, 5) is 0. The maximum atomic E-state index is 6.08. The van der Waals surface area contributed by atoms with Crippen LogP contribution in [0.5, 0.6) is 5.75 Å². The third kappa shape index (κ3) is 2.47. The van der Waals surface area contributed by atoms with Crippen molar-refractivity contribution in [2.24, 2.45) is 5.73 Å². The third-order valence-electron chi connectivity index (χ3n) is 3.95. The summed E-state index contributed by atoms with van der Waals surface area (Å²) in [5.41, 5.74) is 7.56. The number of fused-ring (bicyclic) bond motifs is 1. The topological polar surface area (TPSA) is 35.2 Å². The SMILES string of the molecule is CCCCCC1(CN)CCOc2ccccc21. The molecule has 2 heteroatoms. The zero-order chi connectivity index (χ0) is 12.1. The van der Waals surface area contributed by atoms with Gasteiger partial charge in [-0.25, -0.2) is 0 Å². The van der Waals surface area contributed by atoms with Gasteiger partial charge in [0.25, 0.3) is 0 Å². The summed E-state index contributed by atoms with van der Waals surface area (Å²) < 4.78 is 5.73. The first-order chi connectivity index (χ1) is 8.32. The number of ether oxygens (including phenoxy) is 1. The fraction of sp³-hybridized carbons (Fsp3) is 0.600. The Morgan fingerprint density at radius 1 is 1.29 bits per heavy atom. The molecule has 0 amide bonds.